The van der Waals surface area contributed by atoms with Crippen LogP contribution in [0.4, 0.5) is 0 Å². The highest BCUT2D eigenvalue weighted by Crippen LogP contribution is 2.28. The van der Waals surface area contributed by atoms with Crippen LogP contribution in [0.3, 0.4) is 0 Å². The van der Waals surface area contributed by atoms with Gasteiger partial charge < -0.3 is 15.4 Å². The first-order chi connectivity index (χ1) is 13.5. The molecule has 0 radical (unpaired) electrons. The van der Waals surface area contributed by atoms with Gasteiger partial charge >= 0.3 is 5.97 Å². The van der Waals surface area contributed by atoms with Crippen molar-refractivity contribution in [3.8, 4) is 0 Å². The Kier molecular flexibility index (Phi) is 5.97. The number of hydrogen-bond acceptors (Lipinski definition) is 3. The first kappa shape index (κ1) is 19.9. The summed E-state index contributed by atoms with van der Waals surface area (Å²) in [6, 6.07) is 10.5. The van der Waals surface area contributed by atoms with Gasteiger partial charge in [0.15, 0.2) is 0 Å². The number of carboxylic acids is 1. The van der Waals surface area contributed by atoms with Crippen molar-refractivity contribution in [1.29, 1.82) is 0 Å². The van der Waals surface area contributed by atoms with Crippen molar-refractivity contribution in [1.82, 2.24) is 10.3 Å². The SMILES string of the molecule is CCC(CNC(=O)c1cc2c([nH]c1=O)CCCCC2)(C(=O)O)c1ccccc1. The molecule has 2 aromatic rings. The van der Waals surface area contributed by atoms with Crippen LogP contribution in [-0.2, 0) is 23.1 Å². The molecule has 0 aliphatic heterocycles. The number of aromatic nitrogens is 1. The van der Waals surface area contributed by atoms with Gasteiger partial charge in [0.2, 0.25) is 0 Å². The number of hydrogen-bond donors (Lipinski definition) is 3. The molecule has 1 unspecified atom stereocenters. The molecule has 28 heavy (non-hydrogen) atoms. The Labute approximate surface area is 164 Å². The number of nitrogens with one attached hydrogen (secondary N) is 2. The molecule has 1 atom stereocenters. The number of H-pyrrole nitrogens is 1. The number of aryl methyl sites for hydroxylation is 2. The summed E-state index contributed by atoms with van der Waals surface area (Å²) >= 11 is 0. The van der Waals surface area contributed by atoms with Gasteiger partial charge in [0.1, 0.15) is 11.0 Å². The maximum Gasteiger partial charge on any atom is 0.315 e. The van der Waals surface area contributed by atoms with E-state index < -0.39 is 22.9 Å². The second kappa shape index (κ2) is 8.42. The Morgan fingerprint density at radius 3 is 2.54 bits per heavy atom. The molecule has 6 heteroatoms. The summed E-state index contributed by atoms with van der Waals surface area (Å²) in [5.41, 5.74) is 0.928. The van der Waals surface area contributed by atoms with E-state index in [0.717, 1.165) is 43.4 Å². The zero-order valence-corrected chi connectivity index (χ0v) is 16.1. The molecule has 1 heterocycles. The Bertz CT molecular complexity index is 920. The van der Waals surface area contributed by atoms with Crippen LogP contribution in [0.25, 0.3) is 0 Å². The Balaban J connectivity index is 1.85. The monoisotopic (exact) mass is 382 g/mol. The number of carboxylic acid groups (broad SMARTS) is 1. The molecule has 3 rings (SSSR count). The molecule has 3 N–H and O–H groups in total. The van der Waals surface area contributed by atoms with Crippen LogP contribution in [0.5, 0.6) is 0 Å². The zero-order chi connectivity index (χ0) is 20.1. The third kappa shape index (κ3) is 3.86. The van der Waals surface area contributed by atoms with E-state index >= 15 is 0 Å². The van der Waals surface area contributed by atoms with Crippen LogP contribution in [0.2, 0.25) is 0 Å². The average molecular weight is 382 g/mol. The molecular formula is C22H26N2O4. The minimum atomic E-state index is -1.24. The van der Waals surface area contributed by atoms with Gasteiger partial charge in [0.05, 0.1) is 0 Å². The molecule has 0 saturated heterocycles. The van der Waals surface area contributed by atoms with E-state index in [1.54, 1.807) is 37.3 Å². The maximum atomic E-state index is 12.7. The summed E-state index contributed by atoms with van der Waals surface area (Å²) in [6.45, 7) is 1.70. The third-order valence-electron chi connectivity index (χ3n) is 5.72. The third-order valence-corrected chi connectivity index (χ3v) is 5.72. The molecule has 1 aliphatic carbocycles. The maximum absolute atomic E-state index is 12.7. The lowest BCUT2D eigenvalue weighted by Crippen LogP contribution is -2.47. The minimum Gasteiger partial charge on any atom is -0.481 e. The van der Waals surface area contributed by atoms with Crippen molar-refractivity contribution in [2.45, 2.75) is 50.9 Å². The van der Waals surface area contributed by atoms with Gasteiger partial charge in [-0.3, -0.25) is 14.4 Å². The van der Waals surface area contributed by atoms with Crippen LogP contribution in [0.15, 0.2) is 41.2 Å². The summed E-state index contributed by atoms with van der Waals surface area (Å²) in [7, 11) is 0. The predicted molar refractivity (Wildman–Crippen MR) is 107 cm³/mol. The molecule has 1 amide bonds. The lowest BCUT2D eigenvalue weighted by atomic mass is 9.78. The fourth-order valence-corrected chi connectivity index (χ4v) is 3.89. The topological polar surface area (TPSA) is 99.3 Å². The van der Waals surface area contributed by atoms with Crippen molar-refractivity contribution in [3.05, 3.63) is 69.1 Å². The number of pyridine rings is 1. The van der Waals surface area contributed by atoms with Gasteiger partial charge in [0.25, 0.3) is 11.5 Å². The summed E-state index contributed by atoms with van der Waals surface area (Å²) < 4.78 is 0. The molecule has 0 spiro atoms. The summed E-state index contributed by atoms with van der Waals surface area (Å²) in [5.74, 6) is -1.54. The van der Waals surface area contributed by atoms with E-state index in [9.17, 15) is 19.5 Å². The second-order valence-corrected chi connectivity index (χ2v) is 7.37. The van der Waals surface area contributed by atoms with E-state index in [1.807, 2.05) is 6.07 Å². The summed E-state index contributed by atoms with van der Waals surface area (Å²) in [6.07, 6.45) is 5.14. The molecule has 0 saturated carbocycles. The van der Waals surface area contributed by atoms with Gasteiger partial charge in [-0.1, -0.05) is 43.7 Å². The average Bonchev–Trinajstić information content (AvgIpc) is 2.93. The highest BCUT2D eigenvalue weighted by molar-refractivity contribution is 5.94. The molecular weight excluding hydrogens is 356 g/mol. The number of rotatable bonds is 6. The van der Waals surface area contributed by atoms with E-state index in [0.29, 0.717) is 12.0 Å². The summed E-state index contributed by atoms with van der Waals surface area (Å²) in [4.78, 5) is 40.1. The van der Waals surface area contributed by atoms with E-state index in [-0.39, 0.29) is 12.1 Å². The van der Waals surface area contributed by atoms with Crippen LogP contribution >= 0.6 is 0 Å². The number of carbonyl (C=O) groups is 2. The van der Waals surface area contributed by atoms with Crippen molar-refractivity contribution in [2.24, 2.45) is 0 Å². The van der Waals surface area contributed by atoms with E-state index in [1.165, 1.54) is 0 Å². The Morgan fingerprint density at radius 1 is 1.14 bits per heavy atom. The fraction of sp³-hybridized carbons (Fsp3) is 0.409. The first-order valence-electron chi connectivity index (χ1n) is 9.80. The smallest absolute Gasteiger partial charge is 0.315 e. The number of amides is 1. The van der Waals surface area contributed by atoms with Crippen molar-refractivity contribution in [3.63, 3.8) is 0 Å². The van der Waals surface area contributed by atoms with Gasteiger partial charge in [-0.05, 0) is 49.3 Å². The molecule has 1 aromatic heterocycles. The van der Waals surface area contributed by atoms with Crippen LogP contribution in [-0.4, -0.2) is 28.5 Å². The Hall–Kier alpha value is -2.89. The van der Waals surface area contributed by atoms with Gasteiger partial charge in [-0.2, -0.15) is 0 Å². The number of benzene rings is 1. The first-order valence-corrected chi connectivity index (χ1v) is 9.80. The largest absolute Gasteiger partial charge is 0.481 e. The standard InChI is InChI=1S/C22H26N2O4/c1-2-22(21(27)28,16-10-6-4-7-11-16)14-23-19(25)17-13-15-9-5-3-8-12-18(15)24-20(17)26/h4,6-7,10-11,13H,2-3,5,8-9,12,14H2,1H3,(H,23,25)(H,24,26)(H,27,28). The van der Waals surface area contributed by atoms with Crippen LogP contribution in [0.1, 0.15) is 59.8 Å². The summed E-state index contributed by atoms with van der Waals surface area (Å²) in [5, 5.41) is 12.6. The van der Waals surface area contributed by atoms with Gasteiger partial charge in [-0.15, -0.1) is 0 Å². The number of aliphatic carboxylic acids is 1. The van der Waals surface area contributed by atoms with Crippen LogP contribution in [0, 0.1) is 0 Å². The Morgan fingerprint density at radius 2 is 1.86 bits per heavy atom. The van der Waals surface area contributed by atoms with E-state index in [2.05, 4.69) is 10.3 Å². The van der Waals surface area contributed by atoms with Crippen molar-refractivity contribution in [2.75, 3.05) is 6.54 Å². The van der Waals surface area contributed by atoms with Crippen molar-refractivity contribution < 1.29 is 14.7 Å². The van der Waals surface area contributed by atoms with Crippen LogP contribution < -0.4 is 10.9 Å². The van der Waals surface area contributed by atoms with E-state index in [4.69, 9.17) is 0 Å². The highest BCUT2D eigenvalue weighted by atomic mass is 16.4. The molecule has 0 fully saturated rings. The molecule has 6 nitrogen and oxygen atoms in total. The highest BCUT2D eigenvalue weighted by Gasteiger charge is 2.39. The minimum absolute atomic E-state index is 0.0455. The normalized spacial score (nSPS) is 15.8. The number of carbonyl (C=O) groups excluding carboxylic acids is 1. The zero-order valence-electron chi connectivity index (χ0n) is 16.1. The molecule has 1 aliphatic rings. The lowest BCUT2D eigenvalue weighted by Gasteiger charge is -2.29. The lowest BCUT2D eigenvalue weighted by molar-refractivity contribution is -0.143. The molecule has 148 valence electrons. The molecule has 0 bridgehead atoms. The number of fused-ring (bicyclic) bond motifs is 1. The van der Waals surface area contributed by atoms with Gasteiger partial charge in [0, 0.05) is 12.2 Å². The van der Waals surface area contributed by atoms with Gasteiger partial charge in [-0.25, -0.2) is 0 Å². The molecule has 1 aromatic carbocycles. The predicted octanol–water partition coefficient (Wildman–Crippen LogP) is 2.81. The quantitative estimate of drug-likeness (QED) is 0.669. The second-order valence-electron chi connectivity index (χ2n) is 7.37. The fourth-order valence-electron chi connectivity index (χ4n) is 3.89. The van der Waals surface area contributed by atoms with Crippen molar-refractivity contribution >= 4 is 11.9 Å². The number of aromatic amines is 1.